The molecule has 1 atom stereocenters. The van der Waals surface area contributed by atoms with E-state index in [0.717, 1.165) is 0 Å². The molecule has 16 heavy (non-hydrogen) atoms. The van der Waals surface area contributed by atoms with Gasteiger partial charge in [0.15, 0.2) is 0 Å². The maximum Gasteiger partial charge on any atom is 0.237 e. The monoisotopic (exact) mass is 257 g/mol. The SMILES string of the molecule is CC1(c2cc(Cl)ccc2Cl)CC(=O)NC1=O. The van der Waals surface area contributed by atoms with Crippen molar-refractivity contribution in [1.29, 1.82) is 0 Å². The second-order valence-corrected chi connectivity index (χ2v) is 4.85. The molecule has 1 fully saturated rings. The van der Waals surface area contributed by atoms with Crippen LogP contribution in [0.25, 0.3) is 0 Å². The van der Waals surface area contributed by atoms with Crippen LogP contribution in [0.5, 0.6) is 0 Å². The molecule has 0 aromatic heterocycles. The molecule has 5 heteroatoms. The Morgan fingerprint density at radius 3 is 2.56 bits per heavy atom. The predicted molar refractivity (Wildman–Crippen MR) is 61.6 cm³/mol. The van der Waals surface area contributed by atoms with Gasteiger partial charge in [0.25, 0.3) is 0 Å². The molecular weight excluding hydrogens is 249 g/mol. The van der Waals surface area contributed by atoms with Crippen molar-refractivity contribution < 1.29 is 9.59 Å². The van der Waals surface area contributed by atoms with Gasteiger partial charge in [0.2, 0.25) is 11.8 Å². The minimum Gasteiger partial charge on any atom is -0.296 e. The molecular formula is C11H9Cl2NO2. The van der Waals surface area contributed by atoms with Gasteiger partial charge in [-0.15, -0.1) is 0 Å². The van der Waals surface area contributed by atoms with Crippen LogP contribution in [-0.2, 0) is 15.0 Å². The number of carbonyl (C=O) groups excluding carboxylic acids is 2. The number of hydrogen-bond acceptors (Lipinski definition) is 2. The summed E-state index contributed by atoms with van der Waals surface area (Å²) in [6.45, 7) is 1.69. The lowest BCUT2D eigenvalue weighted by Gasteiger charge is -2.21. The Balaban J connectivity index is 2.55. The van der Waals surface area contributed by atoms with Crippen molar-refractivity contribution in [3.8, 4) is 0 Å². The summed E-state index contributed by atoms with van der Waals surface area (Å²) in [6, 6.07) is 4.90. The zero-order valence-electron chi connectivity index (χ0n) is 8.51. The van der Waals surface area contributed by atoms with Gasteiger partial charge in [-0.1, -0.05) is 23.2 Å². The van der Waals surface area contributed by atoms with E-state index in [1.165, 1.54) is 0 Å². The van der Waals surface area contributed by atoms with Gasteiger partial charge < -0.3 is 0 Å². The standard InChI is InChI=1S/C11H9Cl2NO2/c1-11(5-9(15)14-10(11)16)7-4-6(12)2-3-8(7)13/h2-4H,5H2,1H3,(H,14,15,16). The van der Waals surface area contributed by atoms with Crippen LogP contribution in [0.3, 0.4) is 0 Å². The van der Waals surface area contributed by atoms with E-state index in [4.69, 9.17) is 23.2 Å². The number of imide groups is 1. The summed E-state index contributed by atoms with van der Waals surface area (Å²) in [7, 11) is 0. The van der Waals surface area contributed by atoms with E-state index in [9.17, 15) is 9.59 Å². The van der Waals surface area contributed by atoms with Gasteiger partial charge >= 0.3 is 0 Å². The molecule has 1 aromatic carbocycles. The normalized spacial score (nSPS) is 24.7. The largest absolute Gasteiger partial charge is 0.296 e. The topological polar surface area (TPSA) is 46.2 Å². The van der Waals surface area contributed by atoms with Crippen LogP contribution < -0.4 is 5.32 Å². The average molecular weight is 258 g/mol. The van der Waals surface area contributed by atoms with Crippen molar-refractivity contribution in [3.63, 3.8) is 0 Å². The summed E-state index contributed by atoms with van der Waals surface area (Å²) in [6.07, 6.45) is 0.103. The van der Waals surface area contributed by atoms with Crippen LogP contribution in [0.2, 0.25) is 10.0 Å². The lowest BCUT2D eigenvalue weighted by Crippen LogP contribution is -2.32. The number of benzene rings is 1. The predicted octanol–water partition coefficient (Wildman–Crippen LogP) is 2.30. The van der Waals surface area contributed by atoms with Gasteiger partial charge in [0.1, 0.15) is 0 Å². The number of rotatable bonds is 1. The van der Waals surface area contributed by atoms with E-state index in [2.05, 4.69) is 5.32 Å². The third kappa shape index (κ3) is 1.70. The molecule has 1 saturated heterocycles. The molecule has 1 aromatic rings. The van der Waals surface area contributed by atoms with E-state index in [1.807, 2.05) is 0 Å². The summed E-state index contributed by atoms with van der Waals surface area (Å²) in [4.78, 5) is 23.0. The van der Waals surface area contributed by atoms with Gasteiger partial charge in [0.05, 0.1) is 5.41 Å². The first kappa shape index (κ1) is 11.4. The van der Waals surface area contributed by atoms with Crippen LogP contribution in [0.4, 0.5) is 0 Å². The molecule has 1 heterocycles. The van der Waals surface area contributed by atoms with Gasteiger partial charge in [-0.2, -0.15) is 0 Å². The Bertz CT molecular complexity index is 487. The van der Waals surface area contributed by atoms with E-state index in [1.54, 1.807) is 25.1 Å². The van der Waals surface area contributed by atoms with Crippen LogP contribution in [0.15, 0.2) is 18.2 Å². The van der Waals surface area contributed by atoms with Crippen LogP contribution >= 0.6 is 23.2 Å². The van der Waals surface area contributed by atoms with Crippen LogP contribution in [-0.4, -0.2) is 11.8 Å². The van der Waals surface area contributed by atoms with E-state index >= 15 is 0 Å². The highest BCUT2D eigenvalue weighted by Crippen LogP contribution is 2.37. The highest BCUT2D eigenvalue weighted by molar-refractivity contribution is 6.34. The number of hydrogen-bond donors (Lipinski definition) is 1. The van der Waals surface area contributed by atoms with Crippen molar-refractivity contribution in [2.75, 3.05) is 0 Å². The molecule has 1 unspecified atom stereocenters. The van der Waals surface area contributed by atoms with Crippen molar-refractivity contribution in [1.82, 2.24) is 5.32 Å². The second-order valence-electron chi connectivity index (χ2n) is 4.01. The summed E-state index contributed by atoms with van der Waals surface area (Å²) in [5.74, 6) is -0.620. The molecule has 2 amide bonds. The lowest BCUT2D eigenvalue weighted by atomic mass is 9.81. The quantitative estimate of drug-likeness (QED) is 0.785. The minimum atomic E-state index is -0.918. The highest BCUT2D eigenvalue weighted by atomic mass is 35.5. The Kier molecular flexibility index (Phi) is 2.68. The molecule has 1 aliphatic rings. The first-order valence-corrected chi connectivity index (χ1v) is 5.49. The molecule has 0 saturated carbocycles. The van der Waals surface area contributed by atoms with E-state index in [-0.39, 0.29) is 18.2 Å². The van der Waals surface area contributed by atoms with Crippen LogP contribution in [0.1, 0.15) is 18.9 Å². The Morgan fingerprint density at radius 1 is 1.31 bits per heavy atom. The van der Waals surface area contributed by atoms with Gasteiger partial charge in [-0.05, 0) is 30.7 Å². The zero-order chi connectivity index (χ0) is 11.9. The highest BCUT2D eigenvalue weighted by Gasteiger charge is 2.45. The van der Waals surface area contributed by atoms with E-state index in [0.29, 0.717) is 15.6 Å². The smallest absolute Gasteiger partial charge is 0.237 e. The number of carbonyl (C=O) groups is 2. The minimum absolute atomic E-state index is 0.103. The number of nitrogens with one attached hydrogen (secondary N) is 1. The first-order valence-electron chi connectivity index (χ1n) is 4.73. The molecule has 0 bridgehead atoms. The maximum atomic E-state index is 11.7. The van der Waals surface area contributed by atoms with Gasteiger partial charge in [0, 0.05) is 16.5 Å². The van der Waals surface area contributed by atoms with Crippen molar-refractivity contribution in [2.24, 2.45) is 0 Å². The molecule has 3 nitrogen and oxygen atoms in total. The molecule has 1 N–H and O–H groups in total. The Morgan fingerprint density at radius 2 is 2.00 bits per heavy atom. The van der Waals surface area contributed by atoms with Gasteiger partial charge in [-0.25, -0.2) is 0 Å². The molecule has 1 aliphatic heterocycles. The fourth-order valence-corrected chi connectivity index (χ4v) is 2.35. The molecule has 0 aliphatic carbocycles. The van der Waals surface area contributed by atoms with E-state index < -0.39 is 5.41 Å². The van der Waals surface area contributed by atoms with Crippen LogP contribution in [0, 0.1) is 0 Å². The third-order valence-corrected chi connectivity index (χ3v) is 3.36. The molecule has 84 valence electrons. The lowest BCUT2D eigenvalue weighted by molar-refractivity contribution is -0.126. The first-order chi connectivity index (χ1) is 7.43. The summed E-state index contributed by atoms with van der Waals surface area (Å²) < 4.78 is 0. The molecule has 0 spiro atoms. The Labute approximate surface area is 103 Å². The number of halogens is 2. The fraction of sp³-hybridized carbons (Fsp3) is 0.273. The summed E-state index contributed by atoms with van der Waals surface area (Å²) in [5, 5.41) is 3.21. The van der Waals surface area contributed by atoms with Gasteiger partial charge in [-0.3, -0.25) is 14.9 Å². The summed E-state index contributed by atoms with van der Waals surface area (Å²) >= 11 is 11.9. The number of amides is 2. The van der Waals surface area contributed by atoms with Crippen molar-refractivity contribution in [2.45, 2.75) is 18.8 Å². The maximum absolute atomic E-state index is 11.7. The summed E-state index contributed by atoms with van der Waals surface area (Å²) in [5.41, 5.74) is -0.330. The van der Waals surface area contributed by atoms with Crippen molar-refractivity contribution >= 4 is 35.0 Å². The molecule has 2 rings (SSSR count). The average Bonchev–Trinajstić information content (AvgIpc) is 2.46. The third-order valence-electron chi connectivity index (χ3n) is 2.79. The molecule has 0 radical (unpaired) electrons. The Hall–Kier alpha value is -1.06. The fourth-order valence-electron chi connectivity index (χ4n) is 1.85. The van der Waals surface area contributed by atoms with Crippen molar-refractivity contribution in [3.05, 3.63) is 33.8 Å². The second kappa shape index (κ2) is 3.75. The zero-order valence-corrected chi connectivity index (χ0v) is 10.0.